The first kappa shape index (κ1) is 25.5. The van der Waals surface area contributed by atoms with Gasteiger partial charge in [0.2, 0.25) is 0 Å². The van der Waals surface area contributed by atoms with Crippen molar-refractivity contribution in [2.45, 2.75) is 12.5 Å². The van der Waals surface area contributed by atoms with Crippen molar-refractivity contribution >= 4 is 28.7 Å². The average Bonchev–Trinajstić information content (AvgIpc) is 3.39. The molecule has 0 bridgehead atoms. The normalized spacial score (nSPS) is 11.5. The summed E-state index contributed by atoms with van der Waals surface area (Å²) in [6, 6.07) is 32.0. The van der Waals surface area contributed by atoms with Crippen LogP contribution in [0.1, 0.15) is 15.9 Å². The Bertz CT molecular complexity index is 1580. The van der Waals surface area contributed by atoms with Gasteiger partial charge in [-0.15, -0.1) is 0 Å². The van der Waals surface area contributed by atoms with Crippen molar-refractivity contribution in [1.29, 1.82) is 0 Å². The van der Waals surface area contributed by atoms with Crippen molar-refractivity contribution < 1.29 is 23.9 Å². The molecule has 39 heavy (non-hydrogen) atoms. The molecule has 0 spiro atoms. The molecule has 1 heterocycles. The number of aromatic amines is 1. The molecule has 0 radical (unpaired) electrons. The van der Waals surface area contributed by atoms with E-state index in [1.807, 2.05) is 66.7 Å². The van der Waals surface area contributed by atoms with Gasteiger partial charge in [0, 0.05) is 29.1 Å². The van der Waals surface area contributed by atoms with Crippen molar-refractivity contribution in [2.75, 3.05) is 6.61 Å². The molecule has 4 aromatic carbocycles. The molecule has 0 saturated heterocycles. The summed E-state index contributed by atoms with van der Waals surface area (Å²) < 4.78 is 10.7. The van der Waals surface area contributed by atoms with Gasteiger partial charge in [0.25, 0.3) is 0 Å². The Balaban J connectivity index is 1.26. The Hall–Kier alpha value is -5.17. The molecule has 0 unspecified atom stereocenters. The number of hydrogen-bond donors (Lipinski definition) is 2. The summed E-state index contributed by atoms with van der Waals surface area (Å²) >= 11 is 0. The number of carbonyl (C=O) groups is 3. The molecule has 2 N–H and O–H groups in total. The third-order valence-corrected chi connectivity index (χ3v) is 6.29. The van der Waals surface area contributed by atoms with E-state index in [0.29, 0.717) is 11.3 Å². The van der Waals surface area contributed by atoms with Gasteiger partial charge in [-0.1, -0.05) is 91.0 Å². The Morgan fingerprint density at radius 1 is 0.744 bits per heavy atom. The highest BCUT2D eigenvalue weighted by atomic mass is 16.6. The van der Waals surface area contributed by atoms with Gasteiger partial charge in [-0.25, -0.2) is 9.59 Å². The maximum atomic E-state index is 13.1. The summed E-state index contributed by atoms with van der Waals surface area (Å²) in [7, 11) is 0. The number of Topliss-reactive ketones (excluding diaryl/α,β-unsaturated/α-hetero) is 1. The molecule has 0 fully saturated rings. The molecule has 0 aliphatic carbocycles. The topological polar surface area (TPSA) is 97.5 Å². The van der Waals surface area contributed by atoms with E-state index in [1.165, 1.54) is 0 Å². The van der Waals surface area contributed by atoms with Crippen LogP contribution in [-0.4, -0.2) is 35.5 Å². The summed E-state index contributed by atoms with van der Waals surface area (Å²) in [5, 5.41) is 3.52. The van der Waals surface area contributed by atoms with Crippen LogP contribution >= 0.6 is 0 Å². The number of esters is 1. The lowest BCUT2D eigenvalue weighted by atomic mass is 10.0. The van der Waals surface area contributed by atoms with Crippen molar-refractivity contribution in [3.05, 3.63) is 127 Å². The van der Waals surface area contributed by atoms with Crippen LogP contribution in [0.5, 0.6) is 5.75 Å². The number of rotatable bonds is 9. The number of H-pyrrole nitrogens is 1. The number of ether oxygens (including phenoxy) is 2. The van der Waals surface area contributed by atoms with E-state index in [4.69, 9.17) is 9.47 Å². The van der Waals surface area contributed by atoms with E-state index in [9.17, 15) is 14.4 Å². The molecule has 5 aromatic rings. The quantitative estimate of drug-likeness (QED) is 0.185. The fourth-order valence-corrected chi connectivity index (χ4v) is 4.28. The largest absolute Gasteiger partial charge is 0.456 e. The molecule has 0 saturated carbocycles. The van der Waals surface area contributed by atoms with Crippen LogP contribution in [0.4, 0.5) is 4.79 Å². The van der Waals surface area contributed by atoms with Crippen molar-refractivity contribution in [2.24, 2.45) is 0 Å². The van der Waals surface area contributed by atoms with Crippen molar-refractivity contribution in [3.8, 4) is 16.9 Å². The van der Waals surface area contributed by atoms with Crippen LogP contribution < -0.4 is 10.1 Å². The second-order valence-corrected chi connectivity index (χ2v) is 8.94. The van der Waals surface area contributed by atoms with Crippen molar-refractivity contribution in [1.82, 2.24) is 10.3 Å². The van der Waals surface area contributed by atoms with Gasteiger partial charge in [0.1, 0.15) is 11.8 Å². The third kappa shape index (κ3) is 6.40. The van der Waals surface area contributed by atoms with Crippen LogP contribution in [0.15, 0.2) is 115 Å². The van der Waals surface area contributed by atoms with Crippen LogP contribution in [0.25, 0.3) is 22.0 Å². The molecular weight excluding hydrogens is 492 g/mol. The summed E-state index contributed by atoms with van der Waals surface area (Å²) in [5.74, 6) is -0.747. The van der Waals surface area contributed by atoms with Crippen LogP contribution in [0.3, 0.4) is 0 Å². The number of fused-ring (bicyclic) bond motifs is 1. The molecule has 1 aromatic heterocycles. The molecular formula is C32H26N2O5. The van der Waals surface area contributed by atoms with Gasteiger partial charge in [-0.05, 0) is 34.9 Å². The van der Waals surface area contributed by atoms with Gasteiger partial charge in [-0.2, -0.15) is 0 Å². The lowest BCUT2D eigenvalue weighted by molar-refractivity contribution is -0.144. The highest BCUT2D eigenvalue weighted by Crippen LogP contribution is 2.21. The van der Waals surface area contributed by atoms with Crippen LogP contribution in [-0.2, 0) is 16.0 Å². The highest BCUT2D eigenvalue weighted by Gasteiger charge is 2.26. The molecule has 1 atom stereocenters. The molecule has 0 aliphatic heterocycles. The first-order valence-corrected chi connectivity index (χ1v) is 12.5. The van der Waals surface area contributed by atoms with Gasteiger partial charge in [0.15, 0.2) is 12.4 Å². The fourth-order valence-electron chi connectivity index (χ4n) is 4.28. The number of aromatic nitrogens is 1. The number of ketones is 1. The number of para-hydroxylation sites is 2. The van der Waals surface area contributed by atoms with E-state index >= 15 is 0 Å². The smallest absolute Gasteiger partial charge is 0.413 e. The summed E-state index contributed by atoms with van der Waals surface area (Å²) in [4.78, 5) is 41.7. The van der Waals surface area contributed by atoms with E-state index in [2.05, 4.69) is 10.3 Å². The highest BCUT2D eigenvalue weighted by molar-refractivity contribution is 5.98. The molecule has 7 heteroatoms. The Kier molecular flexibility index (Phi) is 7.79. The average molecular weight is 519 g/mol. The van der Waals surface area contributed by atoms with E-state index in [0.717, 1.165) is 27.6 Å². The summed E-state index contributed by atoms with van der Waals surface area (Å²) in [6.45, 7) is -0.455. The zero-order chi connectivity index (χ0) is 27.0. The van der Waals surface area contributed by atoms with Crippen LogP contribution in [0.2, 0.25) is 0 Å². The lowest BCUT2D eigenvalue weighted by Crippen LogP contribution is -2.45. The first-order chi connectivity index (χ1) is 19.1. The summed E-state index contributed by atoms with van der Waals surface area (Å²) in [5.41, 5.74) is 4.16. The predicted octanol–water partition coefficient (Wildman–Crippen LogP) is 5.96. The Labute approximate surface area is 225 Å². The second kappa shape index (κ2) is 11.9. The minimum atomic E-state index is -1.08. The SMILES string of the molecule is O=C(N[C@@H](Cc1c[nH]c2ccccc12)C(=O)OCC(=O)c1ccc(-c2ccccc2)cc1)Oc1ccccc1. The van der Waals surface area contributed by atoms with Crippen LogP contribution in [0, 0.1) is 0 Å². The molecule has 0 aliphatic rings. The fraction of sp³-hybridized carbons (Fsp3) is 0.0938. The molecule has 7 nitrogen and oxygen atoms in total. The zero-order valence-electron chi connectivity index (χ0n) is 21.0. The van der Waals surface area contributed by atoms with Gasteiger partial charge < -0.3 is 19.8 Å². The minimum Gasteiger partial charge on any atom is -0.456 e. The first-order valence-electron chi connectivity index (χ1n) is 12.5. The number of nitrogens with one attached hydrogen (secondary N) is 2. The van der Waals surface area contributed by atoms with E-state index in [-0.39, 0.29) is 12.2 Å². The molecule has 5 rings (SSSR count). The van der Waals surface area contributed by atoms with Gasteiger partial charge in [-0.3, -0.25) is 4.79 Å². The minimum absolute atomic E-state index is 0.146. The number of hydrogen-bond acceptors (Lipinski definition) is 5. The monoisotopic (exact) mass is 518 g/mol. The number of amides is 1. The molecule has 194 valence electrons. The molecule has 1 amide bonds. The van der Waals surface area contributed by atoms with Crippen molar-refractivity contribution in [3.63, 3.8) is 0 Å². The second-order valence-electron chi connectivity index (χ2n) is 8.94. The van der Waals surface area contributed by atoms with Gasteiger partial charge >= 0.3 is 12.1 Å². The number of carbonyl (C=O) groups excluding carboxylic acids is 3. The Morgan fingerprint density at radius 2 is 1.38 bits per heavy atom. The summed E-state index contributed by atoms with van der Waals surface area (Å²) in [6.07, 6.45) is 1.13. The van der Waals surface area contributed by atoms with E-state index < -0.39 is 24.7 Å². The predicted molar refractivity (Wildman–Crippen MR) is 149 cm³/mol. The Morgan fingerprint density at radius 3 is 2.13 bits per heavy atom. The van der Waals surface area contributed by atoms with E-state index in [1.54, 1.807) is 48.7 Å². The number of benzene rings is 4. The maximum Gasteiger partial charge on any atom is 0.413 e. The lowest BCUT2D eigenvalue weighted by Gasteiger charge is -2.17. The third-order valence-electron chi connectivity index (χ3n) is 6.29. The zero-order valence-corrected chi connectivity index (χ0v) is 21.0. The standard InChI is InChI=1S/C32H26N2O5/c35-30(24-17-15-23(16-18-24)22-9-3-1-4-10-22)21-38-31(36)29(34-32(37)39-26-11-5-2-6-12-26)19-25-20-33-28-14-8-7-13-27(25)28/h1-18,20,29,33H,19,21H2,(H,34,37)/t29-/m0/s1. The van der Waals surface area contributed by atoms with Gasteiger partial charge in [0.05, 0.1) is 0 Å². The maximum absolute atomic E-state index is 13.1.